The Morgan fingerprint density at radius 3 is 2.37 bits per heavy atom. The Labute approximate surface area is 117 Å². The molecule has 1 aromatic heterocycles. The van der Waals surface area contributed by atoms with Crippen LogP contribution < -0.4 is 15.2 Å². The van der Waals surface area contributed by atoms with Crippen molar-refractivity contribution in [3.63, 3.8) is 0 Å². The first-order valence-electron chi connectivity index (χ1n) is 5.98. The van der Waals surface area contributed by atoms with Gasteiger partial charge in [0.05, 0.1) is 31.0 Å². The van der Waals surface area contributed by atoms with Crippen molar-refractivity contribution in [2.75, 3.05) is 14.2 Å². The fraction of sp³-hybridized carbons (Fsp3) is 0.357. The summed E-state index contributed by atoms with van der Waals surface area (Å²) < 4.78 is 10.5. The normalized spacial score (nSPS) is 12.3. The number of thiazole rings is 1. The molecule has 2 rings (SSSR count). The van der Waals surface area contributed by atoms with E-state index < -0.39 is 0 Å². The molecule has 1 aromatic carbocycles. The number of ether oxygens (including phenoxy) is 2. The van der Waals surface area contributed by atoms with Crippen LogP contribution in [-0.4, -0.2) is 19.2 Å². The van der Waals surface area contributed by atoms with E-state index in [-0.39, 0.29) is 6.04 Å². The molecular formula is C14H18N2O2S. The van der Waals surface area contributed by atoms with Gasteiger partial charge in [0.15, 0.2) is 11.5 Å². The van der Waals surface area contributed by atoms with E-state index in [1.54, 1.807) is 25.6 Å². The fourth-order valence-electron chi connectivity index (χ4n) is 2.03. The summed E-state index contributed by atoms with van der Waals surface area (Å²) in [6.07, 6.45) is 0. The minimum absolute atomic E-state index is 0.189. The number of nitrogens with zero attached hydrogens (tertiary/aromatic N) is 1. The first kappa shape index (κ1) is 13.8. The lowest BCUT2D eigenvalue weighted by Crippen LogP contribution is -2.11. The number of methoxy groups -OCH3 is 2. The maximum Gasteiger partial charge on any atom is 0.161 e. The molecule has 0 aliphatic heterocycles. The highest BCUT2D eigenvalue weighted by molar-refractivity contribution is 7.11. The maximum absolute atomic E-state index is 6.32. The highest BCUT2D eigenvalue weighted by Crippen LogP contribution is 2.33. The van der Waals surface area contributed by atoms with Crippen molar-refractivity contribution >= 4 is 11.3 Å². The van der Waals surface area contributed by atoms with Crippen LogP contribution in [-0.2, 0) is 0 Å². The molecule has 2 aromatic rings. The van der Waals surface area contributed by atoms with Crippen LogP contribution >= 0.6 is 11.3 Å². The number of nitrogens with two attached hydrogens (primary N) is 1. The molecule has 5 heteroatoms. The average Bonchev–Trinajstić information content (AvgIpc) is 2.76. The zero-order valence-electron chi connectivity index (χ0n) is 11.6. The molecule has 0 spiro atoms. The Hall–Kier alpha value is -1.59. The molecule has 19 heavy (non-hydrogen) atoms. The van der Waals surface area contributed by atoms with Crippen LogP contribution in [0.25, 0.3) is 0 Å². The van der Waals surface area contributed by atoms with Crippen LogP contribution in [0.1, 0.15) is 27.2 Å². The predicted molar refractivity (Wildman–Crippen MR) is 77.2 cm³/mol. The molecule has 0 fully saturated rings. The Morgan fingerprint density at radius 2 is 1.84 bits per heavy atom. The number of aryl methyl sites for hydroxylation is 2. The quantitative estimate of drug-likeness (QED) is 0.934. The lowest BCUT2D eigenvalue weighted by molar-refractivity contribution is 0.354. The van der Waals surface area contributed by atoms with Gasteiger partial charge in [-0.2, -0.15) is 0 Å². The summed E-state index contributed by atoms with van der Waals surface area (Å²) >= 11 is 1.63. The van der Waals surface area contributed by atoms with E-state index >= 15 is 0 Å². The highest BCUT2D eigenvalue weighted by Gasteiger charge is 2.17. The highest BCUT2D eigenvalue weighted by atomic mass is 32.1. The minimum Gasteiger partial charge on any atom is -0.493 e. The molecule has 0 bridgehead atoms. The van der Waals surface area contributed by atoms with Crippen LogP contribution in [0.2, 0.25) is 0 Å². The Kier molecular flexibility index (Phi) is 4.07. The summed E-state index contributed by atoms with van der Waals surface area (Å²) in [7, 11) is 3.24. The van der Waals surface area contributed by atoms with Gasteiger partial charge in [0, 0.05) is 4.88 Å². The molecule has 0 saturated carbocycles. The van der Waals surface area contributed by atoms with Gasteiger partial charge in [-0.05, 0) is 31.5 Å². The average molecular weight is 278 g/mol. The summed E-state index contributed by atoms with van der Waals surface area (Å²) in [5.41, 5.74) is 8.30. The summed E-state index contributed by atoms with van der Waals surface area (Å²) in [5, 5.41) is 1.03. The van der Waals surface area contributed by atoms with Crippen LogP contribution in [0.3, 0.4) is 0 Å². The molecule has 2 N–H and O–H groups in total. The van der Waals surface area contributed by atoms with E-state index in [0.717, 1.165) is 21.1 Å². The third kappa shape index (κ3) is 2.72. The van der Waals surface area contributed by atoms with Gasteiger partial charge >= 0.3 is 0 Å². The van der Waals surface area contributed by atoms with Crippen molar-refractivity contribution in [1.82, 2.24) is 4.98 Å². The smallest absolute Gasteiger partial charge is 0.161 e. The van der Waals surface area contributed by atoms with Crippen molar-refractivity contribution in [3.8, 4) is 11.5 Å². The molecule has 1 atom stereocenters. The topological polar surface area (TPSA) is 57.4 Å². The van der Waals surface area contributed by atoms with Crippen molar-refractivity contribution in [2.45, 2.75) is 19.9 Å². The molecule has 0 aliphatic carbocycles. The first-order valence-corrected chi connectivity index (χ1v) is 6.80. The van der Waals surface area contributed by atoms with E-state index in [4.69, 9.17) is 15.2 Å². The number of hydrogen-bond acceptors (Lipinski definition) is 5. The first-order chi connectivity index (χ1) is 9.06. The van der Waals surface area contributed by atoms with Crippen molar-refractivity contribution in [3.05, 3.63) is 39.3 Å². The summed E-state index contributed by atoms with van der Waals surface area (Å²) in [6, 6.07) is 5.56. The SMILES string of the molecule is COc1ccc(C(N)c2sc(C)nc2C)cc1OC. The van der Waals surface area contributed by atoms with Gasteiger partial charge in [0.2, 0.25) is 0 Å². The minimum atomic E-state index is -0.189. The van der Waals surface area contributed by atoms with Gasteiger partial charge in [0.25, 0.3) is 0 Å². The number of rotatable bonds is 4. The van der Waals surface area contributed by atoms with Crippen LogP contribution in [0.15, 0.2) is 18.2 Å². The van der Waals surface area contributed by atoms with Gasteiger partial charge in [-0.25, -0.2) is 4.98 Å². The van der Waals surface area contributed by atoms with E-state index in [1.165, 1.54) is 0 Å². The second kappa shape index (κ2) is 5.59. The van der Waals surface area contributed by atoms with Crippen molar-refractivity contribution in [2.24, 2.45) is 5.73 Å². The maximum atomic E-state index is 6.32. The zero-order chi connectivity index (χ0) is 14.0. The fourth-order valence-corrected chi connectivity index (χ4v) is 2.99. The van der Waals surface area contributed by atoms with Gasteiger partial charge in [-0.3, -0.25) is 0 Å². The molecule has 102 valence electrons. The lowest BCUT2D eigenvalue weighted by atomic mass is 10.0. The third-order valence-electron chi connectivity index (χ3n) is 2.99. The Bertz CT molecular complexity index is 581. The van der Waals surface area contributed by atoms with Crippen molar-refractivity contribution in [1.29, 1.82) is 0 Å². The predicted octanol–water partition coefficient (Wildman–Crippen LogP) is 2.83. The molecule has 1 heterocycles. The Morgan fingerprint density at radius 1 is 1.16 bits per heavy atom. The van der Waals surface area contributed by atoms with Crippen molar-refractivity contribution < 1.29 is 9.47 Å². The molecule has 4 nitrogen and oxygen atoms in total. The summed E-state index contributed by atoms with van der Waals surface area (Å²) in [4.78, 5) is 5.50. The second-order valence-electron chi connectivity index (χ2n) is 4.27. The van der Waals surface area contributed by atoms with Gasteiger partial charge in [-0.15, -0.1) is 11.3 Å². The van der Waals surface area contributed by atoms with E-state index in [1.807, 2.05) is 32.0 Å². The summed E-state index contributed by atoms with van der Waals surface area (Å²) in [5.74, 6) is 1.39. The molecule has 1 unspecified atom stereocenters. The zero-order valence-corrected chi connectivity index (χ0v) is 12.4. The second-order valence-corrected chi connectivity index (χ2v) is 5.51. The standard InChI is InChI=1S/C14H18N2O2S/c1-8-14(19-9(2)16-8)13(15)10-5-6-11(17-3)12(7-10)18-4/h5-7,13H,15H2,1-4H3. The number of aromatic nitrogens is 1. The largest absolute Gasteiger partial charge is 0.493 e. The number of hydrogen-bond donors (Lipinski definition) is 1. The van der Waals surface area contributed by atoms with E-state index in [9.17, 15) is 0 Å². The van der Waals surface area contributed by atoms with Crippen LogP contribution in [0, 0.1) is 13.8 Å². The monoisotopic (exact) mass is 278 g/mol. The Balaban J connectivity index is 2.39. The molecule has 0 aliphatic rings. The molecule has 0 saturated heterocycles. The van der Waals surface area contributed by atoms with Gasteiger partial charge in [-0.1, -0.05) is 6.07 Å². The van der Waals surface area contributed by atoms with Crippen LogP contribution in [0.4, 0.5) is 0 Å². The lowest BCUT2D eigenvalue weighted by Gasteiger charge is -2.14. The van der Waals surface area contributed by atoms with Crippen LogP contribution in [0.5, 0.6) is 11.5 Å². The van der Waals surface area contributed by atoms with Gasteiger partial charge < -0.3 is 15.2 Å². The molecule has 0 amide bonds. The van der Waals surface area contributed by atoms with Gasteiger partial charge in [0.1, 0.15) is 0 Å². The third-order valence-corrected chi connectivity index (χ3v) is 4.14. The summed E-state index contributed by atoms with van der Waals surface area (Å²) in [6.45, 7) is 3.97. The van der Waals surface area contributed by atoms with E-state index in [2.05, 4.69) is 4.98 Å². The molecule has 0 radical (unpaired) electrons. The number of benzene rings is 1. The van der Waals surface area contributed by atoms with E-state index in [0.29, 0.717) is 11.5 Å². The molecular weight excluding hydrogens is 260 g/mol.